The lowest BCUT2D eigenvalue weighted by molar-refractivity contribution is 0.563. The average molecular weight is 397 g/mol. The lowest BCUT2D eigenvalue weighted by Crippen LogP contribution is -2.07. The minimum atomic E-state index is 0.145. The van der Waals surface area contributed by atoms with Gasteiger partial charge >= 0.3 is 0 Å². The van der Waals surface area contributed by atoms with Crippen molar-refractivity contribution in [3.8, 4) is 0 Å². The highest BCUT2D eigenvalue weighted by Gasteiger charge is 2.09. The van der Waals surface area contributed by atoms with Gasteiger partial charge in [-0.05, 0) is 42.8 Å². The summed E-state index contributed by atoms with van der Waals surface area (Å²) < 4.78 is 2.91. The molecule has 4 aromatic rings. The van der Waals surface area contributed by atoms with Crippen molar-refractivity contribution in [2.45, 2.75) is 40.7 Å². The van der Waals surface area contributed by atoms with E-state index in [4.69, 9.17) is 5.73 Å². The van der Waals surface area contributed by atoms with Gasteiger partial charge in [0.1, 0.15) is 12.7 Å². The van der Waals surface area contributed by atoms with Gasteiger partial charge in [0.2, 0.25) is 0 Å². The summed E-state index contributed by atoms with van der Waals surface area (Å²) in [5.74, 6) is 0. The van der Waals surface area contributed by atoms with E-state index in [0.717, 1.165) is 26.7 Å². The van der Waals surface area contributed by atoms with Crippen LogP contribution >= 0.6 is 11.3 Å². The Morgan fingerprint density at radius 2 is 1.75 bits per heavy atom. The smallest absolute Gasteiger partial charge is 0.188 e. The molecule has 1 atom stereocenters. The molecule has 0 fully saturated rings. The van der Waals surface area contributed by atoms with Gasteiger partial charge in [-0.25, -0.2) is 14.6 Å². The van der Waals surface area contributed by atoms with Crippen molar-refractivity contribution in [1.29, 1.82) is 0 Å². The fourth-order valence-electron chi connectivity index (χ4n) is 2.53. The Morgan fingerprint density at radius 1 is 1.04 bits per heavy atom. The van der Waals surface area contributed by atoms with E-state index in [1.165, 1.54) is 5.56 Å². The second kappa shape index (κ2) is 10.4. The predicted octanol–water partition coefficient (Wildman–Crippen LogP) is 5.88. The third kappa shape index (κ3) is 5.07. The van der Waals surface area contributed by atoms with Crippen molar-refractivity contribution in [2.75, 3.05) is 11.1 Å². The van der Waals surface area contributed by atoms with Crippen LogP contribution in [0.2, 0.25) is 0 Å². The summed E-state index contributed by atoms with van der Waals surface area (Å²) in [6.45, 7) is 10.1. The van der Waals surface area contributed by atoms with Crippen LogP contribution in [0.25, 0.3) is 10.2 Å². The Morgan fingerprint density at radius 3 is 2.39 bits per heavy atom. The van der Waals surface area contributed by atoms with E-state index in [0.29, 0.717) is 0 Å². The first-order valence-electron chi connectivity index (χ1n) is 9.56. The maximum Gasteiger partial charge on any atom is 0.188 e. The molecule has 2 aromatic heterocycles. The van der Waals surface area contributed by atoms with Crippen LogP contribution in [-0.4, -0.2) is 19.7 Å². The molecule has 0 aliphatic carbocycles. The molecule has 0 saturated heterocycles. The number of anilines is 3. The average Bonchev–Trinajstić information content (AvgIpc) is 3.40. The molecule has 6 nitrogen and oxygen atoms in total. The number of nitrogens with one attached hydrogen (secondary N) is 1. The molecule has 0 amide bonds. The number of nitrogens with two attached hydrogens (primary N) is 1. The summed E-state index contributed by atoms with van der Waals surface area (Å²) >= 11 is 1.59. The second-order valence-electron chi connectivity index (χ2n) is 5.54. The van der Waals surface area contributed by atoms with Gasteiger partial charge in [0.15, 0.2) is 5.13 Å². The van der Waals surface area contributed by atoms with E-state index < -0.39 is 0 Å². The number of fused-ring (bicyclic) bond motifs is 1. The topological polar surface area (TPSA) is 81.6 Å². The summed E-state index contributed by atoms with van der Waals surface area (Å²) in [5, 5.41) is 8.39. The minimum Gasteiger partial charge on any atom is -0.399 e. The third-order valence-electron chi connectivity index (χ3n) is 3.89. The number of hydrogen-bond acceptors (Lipinski definition) is 6. The highest BCUT2D eigenvalue weighted by atomic mass is 32.1. The lowest BCUT2D eigenvalue weighted by atomic mass is 10.1. The van der Waals surface area contributed by atoms with E-state index in [2.05, 4.69) is 39.4 Å². The second-order valence-corrected chi connectivity index (χ2v) is 6.58. The van der Waals surface area contributed by atoms with Crippen LogP contribution < -0.4 is 11.1 Å². The van der Waals surface area contributed by atoms with Gasteiger partial charge in [-0.2, -0.15) is 5.10 Å². The van der Waals surface area contributed by atoms with E-state index in [9.17, 15) is 0 Å². The Hall–Kier alpha value is -2.93. The summed E-state index contributed by atoms with van der Waals surface area (Å²) in [6, 6.07) is 14.2. The largest absolute Gasteiger partial charge is 0.399 e. The highest BCUT2D eigenvalue weighted by molar-refractivity contribution is 7.22. The highest BCUT2D eigenvalue weighted by Crippen LogP contribution is 2.30. The standard InChI is InChI=1S/C17H16N6S.2C2H6/c1-11(23-10-19-9-20-23)12-2-5-14(6-3-12)21-17-22-15-7-4-13(18)8-16(15)24-17;2*1-2/h2-11H,18H2,1H3,(H,21,22);2*1-2H3. The molecule has 1 unspecified atom stereocenters. The van der Waals surface area contributed by atoms with Crippen molar-refractivity contribution in [2.24, 2.45) is 0 Å². The van der Waals surface area contributed by atoms with Crippen molar-refractivity contribution in [1.82, 2.24) is 19.7 Å². The molecular weight excluding hydrogens is 368 g/mol. The van der Waals surface area contributed by atoms with Gasteiger partial charge in [-0.3, -0.25) is 0 Å². The minimum absolute atomic E-state index is 0.145. The first-order valence-corrected chi connectivity index (χ1v) is 10.4. The molecule has 148 valence electrons. The Bertz CT molecular complexity index is 960. The quantitative estimate of drug-likeness (QED) is 0.421. The van der Waals surface area contributed by atoms with Crippen molar-refractivity contribution in [3.05, 3.63) is 60.7 Å². The molecule has 0 aliphatic heterocycles. The number of hydrogen-bond donors (Lipinski definition) is 2. The molecule has 0 bridgehead atoms. The number of benzene rings is 2. The zero-order valence-electron chi connectivity index (χ0n) is 17.0. The van der Waals surface area contributed by atoms with E-state index in [-0.39, 0.29) is 6.04 Å². The molecular formula is C21H28N6S. The van der Waals surface area contributed by atoms with Crippen LogP contribution in [0.3, 0.4) is 0 Å². The summed E-state index contributed by atoms with van der Waals surface area (Å²) in [6.07, 6.45) is 3.27. The number of nitrogen functional groups attached to an aromatic ring is 1. The molecule has 4 rings (SSSR count). The first-order chi connectivity index (χ1) is 13.7. The molecule has 2 aromatic carbocycles. The Balaban J connectivity index is 0.000000660. The van der Waals surface area contributed by atoms with Crippen LogP contribution in [0.15, 0.2) is 55.1 Å². The van der Waals surface area contributed by atoms with Crippen molar-refractivity contribution >= 4 is 38.1 Å². The van der Waals surface area contributed by atoms with Crippen LogP contribution in [0.5, 0.6) is 0 Å². The van der Waals surface area contributed by atoms with E-state index in [1.54, 1.807) is 24.0 Å². The Labute approximate surface area is 170 Å². The molecule has 0 spiro atoms. The maximum absolute atomic E-state index is 5.82. The fourth-order valence-corrected chi connectivity index (χ4v) is 3.47. The molecule has 2 heterocycles. The van der Waals surface area contributed by atoms with Gasteiger partial charge < -0.3 is 11.1 Å². The van der Waals surface area contributed by atoms with Gasteiger partial charge in [-0.15, -0.1) is 0 Å². The molecule has 28 heavy (non-hydrogen) atoms. The number of nitrogens with zero attached hydrogens (tertiary/aromatic N) is 4. The number of aromatic nitrogens is 4. The van der Waals surface area contributed by atoms with Gasteiger partial charge in [0.05, 0.1) is 16.3 Å². The molecule has 3 N–H and O–H groups in total. The maximum atomic E-state index is 5.82. The van der Waals surface area contributed by atoms with Gasteiger partial charge in [0.25, 0.3) is 0 Å². The predicted molar refractivity (Wildman–Crippen MR) is 120 cm³/mol. The zero-order valence-corrected chi connectivity index (χ0v) is 17.9. The van der Waals surface area contributed by atoms with E-state index in [1.807, 2.05) is 62.7 Å². The monoisotopic (exact) mass is 396 g/mol. The number of thiazole rings is 1. The summed E-state index contributed by atoms with van der Waals surface area (Å²) in [5.41, 5.74) is 9.69. The van der Waals surface area contributed by atoms with E-state index >= 15 is 0 Å². The number of rotatable bonds is 4. The first kappa shape index (κ1) is 21.4. The molecule has 7 heteroatoms. The zero-order chi connectivity index (χ0) is 20.5. The molecule has 0 saturated carbocycles. The van der Waals surface area contributed by atoms with Gasteiger partial charge in [-0.1, -0.05) is 51.2 Å². The van der Waals surface area contributed by atoms with Crippen molar-refractivity contribution in [3.63, 3.8) is 0 Å². The molecule has 0 aliphatic rings. The summed E-state index contributed by atoms with van der Waals surface area (Å²) in [7, 11) is 0. The van der Waals surface area contributed by atoms with Gasteiger partial charge in [0, 0.05) is 11.4 Å². The third-order valence-corrected chi connectivity index (χ3v) is 4.82. The van der Waals surface area contributed by atoms with Crippen molar-refractivity contribution < 1.29 is 0 Å². The van der Waals surface area contributed by atoms with Crippen LogP contribution in [-0.2, 0) is 0 Å². The van der Waals surface area contributed by atoms with Crippen LogP contribution in [0.4, 0.5) is 16.5 Å². The van der Waals surface area contributed by atoms with Crippen LogP contribution in [0.1, 0.15) is 46.2 Å². The molecule has 0 radical (unpaired) electrons. The fraction of sp³-hybridized carbons (Fsp3) is 0.286. The lowest BCUT2D eigenvalue weighted by Gasteiger charge is -2.12. The Kier molecular flexibility index (Phi) is 7.95. The van der Waals surface area contributed by atoms with Crippen LogP contribution in [0, 0.1) is 0 Å². The summed E-state index contributed by atoms with van der Waals surface area (Å²) in [4.78, 5) is 8.57. The normalized spacial score (nSPS) is 11.0. The SMILES string of the molecule is CC.CC.CC(c1ccc(Nc2nc3ccc(N)cc3s2)cc1)n1cncn1.